The Bertz CT molecular complexity index is 874. The van der Waals surface area contributed by atoms with Crippen LogP contribution in [-0.2, 0) is 15.9 Å². The average molecular weight is 290 g/mol. The summed E-state index contributed by atoms with van der Waals surface area (Å²) in [6.45, 7) is 0. The Morgan fingerprint density at radius 3 is 1.77 bits per heavy atom. The third-order valence-corrected chi connectivity index (χ3v) is 4.45. The summed E-state index contributed by atoms with van der Waals surface area (Å²) in [5.74, 6) is 0. The van der Waals surface area contributed by atoms with Crippen LogP contribution in [0.2, 0.25) is 0 Å². The van der Waals surface area contributed by atoms with E-state index in [4.69, 9.17) is 9.47 Å². The molecule has 0 N–H and O–H groups in total. The maximum Gasteiger partial charge on any atom is 0.160 e. The summed E-state index contributed by atoms with van der Waals surface area (Å²) in [5, 5.41) is 7.88. The third-order valence-electron chi connectivity index (χ3n) is 4.45. The summed E-state index contributed by atoms with van der Waals surface area (Å²) >= 11 is 0. The van der Waals surface area contributed by atoms with Crippen LogP contribution in [0.25, 0.3) is 32.3 Å². The first-order valence-corrected chi connectivity index (χ1v) is 7.52. The molecule has 0 atom stereocenters. The largest absolute Gasteiger partial charge is 0.356 e. The maximum atomic E-state index is 5.33. The topological polar surface area (TPSA) is 18.5 Å². The van der Waals surface area contributed by atoms with Gasteiger partial charge >= 0.3 is 0 Å². The summed E-state index contributed by atoms with van der Waals surface area (Å²) in [5.41, 5.74) is 1.24. The van der Waals surface area contributed by atoms with Crippen LogP contribution in [0.5, 0.6) is 0 Å². The van der Waals surface area contributed by atoms with Gasteiger partial charge in [-0.1, -0.05) is 54.6 Å². The number of ether oxygens (including phenoxy) is 2. The Balaban J connectivity index is 1.97. The molecule has 0 radical (unpaired) electrons. The SMILES string of the molecule is COC(Cc1cc2ccc3cccc4ccc(c1)c2c34)OC. The lowest BCUT2D eigenvalue weighted by molar-refractivity contribution is -0.100. The van der Waals surface area contributed by atoms with Crippen LogP contribution >= 0.6 is 0 Å². The molecule has 2 nitrogen and oxygen atoms in total. The summed E-state index contributed by atoms with van der Waals surface area (Å²) < 4.78 is 10.7. The first kappa shape index (κ1) is 13.5. The van der Waals surface area contributed by atoms with Gasteiger partial charge in [0.25, 0.3) is 0 Å². The number of rotatable bonds is 4. The van der Waals surface area contributed by atoms with E-state index in [9.17, 15) is 0 Å². The molecule has 0 saturated carbocycles. The Morgan fingerprint density at radius 1 is 0.727 bits per heavy atom. The smallest absolute Gasteiger partial charge is 0.160 e. The average Bonchev–Trinajstić information content (AvgIpc) is 2.57. The molecular formula is C20H18O2. The van der Waals surface area contributed by atoms with Crippen LogP contribution in [0, 0.1) is 0 Å². The minimum Gasteiger partial charge on any atom is -0.356 e. The lowest BCUT2D eigenvalue weighted by atomic mass is 9.92. The van der Waals surface area contributed by atoms with E-state index in [-0.39, 0.29) is 6.29 Å². The molecule has 0 amide bonds. The first-order valence-electron chi connectivity index (χ1n) is 7.52. The molecule has 4 rings (SSSR count). The van der Waals surface area contributed by atoms with Crippen LogP contribution in [0.1, 0.15) is 5.56 Å². The van der Waals surface area contributed by atoms with Gasteiger partial charge < -0.3 is 9.47 Å². The van der Waals surface area contributed by atoms with Crippen molar-refractivity contribution in [1.29, 1.82) is 0 Å². The van der Waals surface area contributed by atoms with E-state index in [1.165, 1.54) is 37.9 Å². The van der Waals surface area contributed by atoms with Gasteiger partial charge in [0.1, 0.15) is 0 Å². The Hall–Kier alpha value is -2.16. The Morgan fingerprint density at radius 2 is 1.23 bits per heavy atom. The molecule has 4 aromatic rings. The highest BCUT2D eigenvalue weighted by Crippen LogP contribution is 2.35. The zero-order valence-electron chi connectivity index (χ0n) is 12.8. The molecule has 0 aliphatic carbocycles. The van der Waals surface area contributed by atoms with Gasteiger partial charge in [-0.05, 0) is 37.9 Å². The minimum absolute atomic E-state index is 0.201. The van der Waals surface area contributed by atoms with Crippen molar-refractivity contribution < 1.29 is 9.47 Å². The fraction of sp³-hybridized carbons (Fsp3) is 0.200. The van der Waals surface area contributed by atoms with Gasteiger partial charge in [0.05, 0.1) is 0 Å². The van der Waals surface area contributed by atoms with Gasteiger partial charge in [0.15, 0.2) is 6.29 Å². The zero-order valence-corrected chi connectivity index (χ0v) is 12.8. The highest BCUT2D eigenvalue weighted by atomic mass is 16.7. The van der Waals surface area contributed by atoms with Crippen molar-refractivity contribution in [1.82, 2.24) is 0 Å². The quantitative estimate of drug-likeness (QED) is 0.399. The second-order valence-electron chi connectivity index (χ2n) is 5.73. The molecule has 0 aliphatic rings. The van der Waals surface area contributed by atoms with Crippen molar-refractivity contribution in [2.75, 3.05) is 14.2 Å². The molecule has 110 valence electrons. The van der Waals surface area contributed by atoms with E-state index in [1.807, 2.05) is 0 Å². The fourth-order valence-corrected chi connectivity index (χ4v) is 3.39. The van der Waals surface area contributed by atoms with E-state index in [1.54, 1.807) is 14.2 Å². The first-order chi connectivity index (χ1) is 10.8. The summed E-state index contributed by atoms with van der Waals surface area (Å²) in [7, 11) is 3.36. The molecule has 0 bridgehead atoms. The molecule has 0 fully saturated rings. The van der Waals surface area contributed by atoms with E-state index < -0.39 is 0 Å². The van der Waals surface area contributed by atoms with Crippen molar-refractivity contribution in [3.8, 4) is 0 Å². The second-order valence-corrected chi connectivity index (χ2v) is 5.73. The molecule has 22 heavy (non-hydrogen) atoms. The normalized spacial score (nSPS) is 12.1. The molecule has 0 unspecified atom stereocenters. The van der Waals surface area contributed by atoms with Gasteiger partial charge in [-0.25, -0.2) is 0 Å². The summed E-state index contributed by atoms with van der Waals surface area (Å²) in [4.78, 5) is 0. The lowest BCUT2D eigenvalue weighted by Gasteiger charge is -2.16. The van der Waals surface area contributed by atoms with Crippen molar-refractivity contribution in [3.05, 3.63) is 60.2 Å². The maximum absolute atomic E-state index is 5.33. The molecule has 0 aliphatic heterocycles. The predicted octanol–water partition coefficient (Wildman–Crippen LogP) is 4.75. The van der Waals surface area contributed by atoms with E-state index in [0.717, 1.165) is 6.42 Å². The fourth-order valence-electron chi connectivity index (χ4n) is 3.39. The van der Waals surface area contributed by atoms with Crippen LogP contribution in [0.4, 0.5) is 0 Å². The van der Waals surface area contributed by atoms with Crippen molar-refractivity contribution in [2.24, 2.45) is 0 Å². The Kier molecular flexibility index (Phi) is 3.21. The van der Waals surface area contributed by atoms with E-state index in [0.29, 0.717) is 0 Å². The monoisotopic (exact) mass is 290 g/mol. The Labute approximate surface area is 129 Å². The van der Waals surface area contributed by atoms with Gasteiger partial charge in [0, 0.05) is 20.6 Å². The van der Waals surface area contributed by atoms with E-state index >= 15 is 0 Å². The van der Waals surface area contributed by atoms with Crippen LogP contribution in [-0.4, -0.2) is 20.5 Å². The lowest BCUT2D eigenvalue weighted by Crippen LogP contribution is -2.15. The molecular weight excluding hydrogens is 272 g/mol. The molecule has 4 aromatic carbocycles. The van der Waals surface area contributed by atoms with Gasteiger partial charge in [-0.15, -0.1) is 0 Å². The predicted molar refractivity (Wildman–Crippen MR) is 91.7 cm³/mol. The third kappa shape index (κ3) is 2.04. The zero-order chi connectivity index (χ0) is 15.1. The van der Waals surface area contributed by atoms with Crippen molar-refractivity contribution >= 4 is 32.3 Å². The molecule has 0 aromatic heterocycles. The highest BCUT2D eigenvalue weighted by Gasteiger charge is 2.11. The van der Waals surface area contributed by atoms with Gasteiger partial charge in [0.2, 0.25) is 0 Å². The number of hydrogen-bond donors (Lipinski definition) is 0. The number of hydrogen-bond acceptors (Lipinski definition) is 2. The number of methoxy groups -OCH3 is 2. The molecule has 0 spiro atoms. The van der Waals surface area contributed by atoms with Crippen LogP contribution < -0.4 is 0 Å². The van der Waals surface area contributed by atoms with E-state index in [2.05, 4.69) is 54.6 Å². The number of benzene rings is 4. The summed E-state index contributed by atoms with van der Waals surface area (Å²) in [6.07, 6.45) is 0.553. The highest BCUT2D eigenvalue weighted by molar-refractivity contribution is 6.23. The minimum atomic E-state index is -0.201. The molecule has 0 saturated heterocycles. The summed E-state index contributed by atoms with van der Waals surface area (Å²) in [6, 6.07) is 19.8. The van der Waals surface area contributed by atoms with Crippen LogP contribution in [0.15, 0.2) is 54.6 Å². The standard InChI is InChI=1S/C20H18O2/c1-21-18(22-2)12-13-10-16-8-6-14-4-3-5-15-7-9-17(11-13)20(16)19(14)15/h3-11,18H,12H2,1-2H3. The van der Waals surface area contributed by atoms with Gasteiger partial charge in [-0.3, -0.25) is 0 Å². The van der Waals surface area contributed by atoms with Crippen molar-refractivity contribution in [2.45, 2.75) is 12.7 Å². The van der Waals surface area contributed by atoms with Crippen LogP contribution in [0.3, 0.4) is 0 Å². The second kappa shape index (κ2) is 5.24. The molecule has 2 heteroatoms. The van der Waals surface area contributed by atoms with Gasteiger partial charge in [-0.2, -0.15) is 0 Å². The van der Waals surface area contributed by atoms with Crippen molar-refractivity contribution in [3.63, 3.8) is 0 Å². The molecule has 0 heterocycles.